The molecule has 2 aromatic carbocycles. The molecule has 3 nitrogen and oxygen atoms in total. The Kier molecular flexibility index (Phi) is 6.25. The first-order valence-electron chi connectivity index (χ1n) is 9.28. The lowest BCUT2D eigenvalue weighted by Gasteiger charge is -2.30. The predicted octanol–water partition coefficient (Wildman–Crippen LogP) is 5.39. The number of thioether (sulfide) groups is 1. The SMILES string of the molecule is CCSCc1ccc(C(=O)N(c2ccc(OC)cc2)C(C)C2CC2)cc1. The van der Waals surface area contributed by atoms with Crippen LogP contribution in [-0.2, 0) is 5.75 Å². The zero-order chi connectivity index (χ0) is 18.5. The number of amides is 1. The fourth-order valence-corrected chi connectivity index (χ4v) is 3.80. The van der Waals surface area contributed by atoms with Gasteiger partial charge in [0.05, 0.1) is 7.11 Å². The molecule has 0 spiro atoms. The monoisotopic (exact) mass is 369 g/mol. The Labute approximate surface area is 160 Å². The summed E-state index contributed by atoms with van der Waals surface area (Å²) in [5, 5.41) is 0. The summed E-state index contributed by atoms with van der Waals surface area (Å²) in [6.07, 6.45) is 2.41. The second kappa shape index (κ2) is 8.63. The van der Waals surface area contributed by atoms with Gasteiger partial charge in [0, 0.05) is 23.0 Å². The van der Waals surface area contributed by atoms with Crippen LogP contribution in [0, 0.1) is 5.92 Å². The maximum Gasteiger partial charge on any atom is 0.258 e. The number of ether oxygens (including phenoxy) is 1. The van der Waals surface area contributed by atoms with Crippen LogP contribution in [0.5, 0.6) is 5.75 Å². The van der Waals surface area contributed by atoms with Gasteiger partial charge in [0.2, 0.25) is 0 Å². The maximum atomic E-state index is 13.3. The van der Waals surface area contributed by atoms with Crippen LogP contribution < -0.4 is 9.64 Å². The quantitative estimate of drug-likeness (QED) is 0.624. The van der Waals surface area contributed by atoms with Gasteiger partial charge in [-0.1, -0.05) is 19.1 Å². The Morgan fingerprint density at radius 2 is 1.81 bits per heavy atom. The third-order valence-corrected chi connectivity index (χ3v) is 5.90. The molecule has 1 fully saturated rings. The minimum Gasteiger partial charge on any atom is -0.497 e. The zero-order valence-electron chi connectivity index (χ0n) is 15.8. The molecule has 0 saturated heterocycles. The van der Waals surface area contributed by atoms with Gasteiger partial charge in [0.15, 0.2) is 0 Å². The van der Waals surface area contributed by atoms with Crippen molar-refractivity contribution in [1.29, 1.82) is 0 Å². The molecule has 0 radical (unpaired) electrons. The summed E-state index contributed by atoms with van der Waals surface area (Å²) in [6.45, 7) is 4.32. The average Bonchev–Trinajstić information content (AvgIpc) is 3.52. The molecule has 1 amide bonds. The Bertz CT molecular complexity index is 723. The maximum absolute atomic E-state index is 13.3. The van der Waals surface area contributed by atoms with E-state index in [-0.39, 0.29) is 11.9 Å². The fraction of sp³-hybridized carbons (Fsp3) is 0.409. The number of carbonyl (C=O) groups excluding carboxylic acids is 1. The molecule has 0 N–H and O–H groups in total. The van der Waals surface area contributed by atoms with Crippen molar-refractivity contribution in [2.45, 2.75) is 38.5 Å². The normalized spacial score (nSPS) is 14.7. The molecule has 0 heterocycles. The van der Waals surface area contributed by atoms with Gasteiger partial charge in [0.25, 0.3) is 5.91 Å². The Balaban J connectivity index is 1.84. The molecule has 1 saturated carbocycles. The molecule has 2 aromatic rings. The molecule has 0 aliphatic heterocycles. The lowest BCUT2D eigenvalue weighted by atomic mass is 10.1. The minimum atomic E-state index is 0.0734. The highest BCUT2D eigenvalue weighted by molar-refractivity contribution is 7.98. The Morgan fingerprint density at radius 1 is 1.15 bits per heavy atom. The summed E-state index contributed by atoms with van der Waals surface area (Å²) in [4.78, 5) is 15.2. The van der Waals surface area contributed by atoms with Crippen LogP contribution >= 0.6 is 11.8 Å². The van der Waals surface area contributed by atoms with Crippen molar-refractivity contribution in [3.63, 3.8) is 0 Å². The average molecular weight is 370 g/mol. The van der Waals surface area contributed by atoms with E-state index in [0.29, 0.717) is 5.92 Å². The van der Waals surface area contributed by atoms with E-state index < -0.39 is 0 Å². The largest absolute Gasteiger partial charge is 0.497 e. The Hall–Kier alpha value is -1.94. The van der Waals surface area contributed by atoms with Crippen molar-refractivity contribution in [1.82, 2.24) is 0 Å². The molecule has 26 heavy (non-hydrogen) atoms. The van der Waals surface area contributed by atoms with E-state index in [1.165, 1.54) is 18.4 Å². The highest BCUT2D eigenvalue weighted by atomic mass is 32.2. The van der Waals surface area contributed by atoms with Crippen LogP contribution in [0.4, 0.5) is 5.69 Å². The van der Waals surface area contributed by atoms with Crippen LogP contribution in [0.2, 0.25) is 0 Å². The molecular formula is C22H27NO2S. The second-order valence-corrected chi connectivity index (χ2v) is 8.06. The van der Waals surface area contributed by atoms with Crippen LogP contribution in [0.3, 0.4) is 0 Å². The van der Waals surface area contributed by atoms with Gasteiger partial charge >= 0.3 is 0 Å². The van der Waals surface area contributed by atoms with Gasteiger partial charge in [-0.25, -0.2) is 0 Å². The van der Waals surface area contributed by atoms with Gasteiger partial charge in [-0.05, 0) is 73.4 Å². The lowest BCUT2D eigenvalue weighted by Crippen LogP contribution is -2.40. The van der Waals surface area contributed by atoms with E-state index in [0.717, 1.165) is 28.5 Å². The summed E-state index contributed by atoms with van der Waals surface area (Å²) >= 11 is 1.89. The minimum absolute atomic E-state index is 0.0734. The van der Waals surface area contributed by atoms with Gasteiger partial charge in [0.1, 0.15) is 5.75 Å². The van der Waals surface area contributed by atoms with Crippen molar-refractivity contribution < 1.29 is 9.53 Å². The molecule has 0 aromatic heterocycles. The van der Waals surface area contributed by atoms with E-state index in [4.69, 9.17) is 4.74 Å². The van der Waals surface area contributed by atoms with Crippen LogP contribution in [-0.4, -0.2) is 24.8 Å². The highest BCUT2D eigenvalue weighted by Crippen LogP contribution is 2.38. The molecule has 1 unspecified atom stereocenters. The van der Waals surface area contributed by atoms with Gasteiger partial charge in [-0.2, -0.15) is 11.8 Å². The van der Waals surface area contributed by atoms with E-state index in [2.05, 4.69) is 26.0 Å². The molecule has 3 rings (SSSR count). The number of hydrogen-bond acceptors (Lipinski definition) is 3. The fourth-order valence-electron chi connectivity index (χ4n) is 3.17. The van der Waals surface area contributed by atoms with Crippen LogP contribution in [0.25, 0.3) is 0 Å². The Morgan fingerprint density at radius 3 is 2.35 bits per heavy atom. The van der Waals surface area contributed by atoms with E-state index in [1.807, 2.05) is 53.1 Å². The number of benzene rings is 2. The molecule has 1 aliphatic carbocycles. The van der Waals surface area contributed by atoms with Crippen molar-refractivity contribution in [2.24, 2.45) is 5.92 Å². The number of methoxy groups -OCH3 is 1. The van der Waals surface area contributed by atoms with Gasteiger partial charge in [-0.3, -0.25) is 4.79 Å². The first-order valence-corrected chi connectivity index (χ1v) is 10.4. The summed E-state index contributed by atoms with van der Waals surface area (Å²) in [5.74, 6) is 3.57. The number of carbonyl (C=O) groups is 1. The van der Waals surface area contributed by atoms with Crippen molar-refractivity contribution in [3.05, 3.63) is 59.7 Å². The summed E-state index contributed by atoms with van der Waals surface area (Å²) in [5.41, 5.74) is 2.94. The summed E-state index contributed by atoms with van der Waals surface area (Å²) < 4.78 is 5.25. The molecule has 1 atom stereocenters. The zero-order valence-corrected chi connectivity index (χ0v) is 16.6. The third kappa shape index (κ3) is 4.42. The third-order valence-electron chi connectivity index (χ3n) is 4.95. The van der Waals surface area contributed by atoms with E-state index >= 15 is 0 Å². The van der Waals surface area contributed by atoms with Crippen molar-refractivity contribution in [2.75, 3.05) is 17.8 Å². The van der Waals surface area contributed by atoms with E-state index in [9.17, 15) is 4.79 Å². The predicted molar refractivity (Wildman–Crippen MR) is 110 cm³/mol. The number of nitrogens with zero attached hydrogens (tertiary/aromatic N) is 1. The van der Waals surface area contributed by atoms with Gasteiger partial charge < -0.3 is 9.64 Å². The van der Waals surface area contributed by atoms with Crippen LogP contribution in [0.1, 0.15) is 42.6 Å². The number of rotatable bonds is 8. The van der Waals surface area contributed by atoms with E-state index in [1.54, 1.807) is 7.11 Å². The first kappa shape index (κ1) is 18.8. The second-order valence-electron chi connectivity index (χ2n) is 6.79. The molecular weight excluding hydrogens is 342 g/mol. The van der Waals surface area contributed by atoms with Gasteiger partial charge in [-0.15, -0.1) is 0 Å². The smallest absolute Gasteiger partial charge is 0.258 e. The summed E-state index contributed by atoms with van der Waals surface area (Å²) in [7, 11) is 1.66. The first-order chi connectivity index (χ1) is 12.6. The number of hydrogen-bond donors (Lipinski definition) is 0. The molecule has 4 heteroatoms. The molecule has 138 valence electrons. The molecule has 1 aliphatic rings. The van der Waals surface area contributed by atoms with Crippen molar-refractivity contribution in [3.8, 4) is 5.75 Å². The van der Waals surface area contributed by atoms with Crippen LogP contribution in [0.15, 0.2) is 48.5 Å². The topological polar surface area (TPSA) is 29.5 Å². The molecule has 0 bridgehead atoms. The standard InChI is InChI=1S/C22H27NO2S/c1-4-26-15-17-5-7-19(8-6-17)22(24)23(16(2)18-9-10-18)20-11-13-21(25-3)14-12-20/h5-8,11-14,16,18H,4,9-10,15H2,1-3H3. The lowest BCUT2D eigenvalue weighted by molar-refractivity contribution is 0.0975. The summed E-state index contributed by atoms with van der Waals surface area (Å²) in [6, 6.07) is 16.1. The van der Waals surface area contributed by atoms with Crippen molar-refractivity contribution >= 4 is 23.4 Å². The number of anilines is 1. The highest BCUT2D eigenvalue weighted by Gasteiger charge is 2.35.